The molecule has 0 aliphatic carbocycles. The molecule has 1 saturated heterocycles. The van der Waals surface area contributed by atoms with Crippen molar-refractivity contribution in [2.24, 2.45) is 0 Å². The van der Waals surface area contributed by atoms with Gasteiger partial charge in [-0.2, -0.15) is 0 Å². The molecule has 5 nitrogen and oxygen atoms in total. The SMILES string of the molecule is O=C1C(=O)N(c2nc3ccc(F)cc3s2)C(c2ccc(I)cc2)/C1=C(\O)c1ccccc1. The van der Waals surface area contributed by atoms with Crippen molar-refractivity contribution in [1.29, 1.82) is 0 Å². The van der Waals surface area contributed by atoms with Crippen molar-refractivity contribution < 1.29 is 19.1 Å². The van der Waals surface area contributed by atoms with Gasteiger partial charge in [-0.25, -0.2) is 9.37 Å². The van der Waals surface area contributed by atoms with Gasteiger partial charge >= 0.3 is 5.91 Å². The lowest BCUT2D eigenvalue weighted by Crippen LogP contribution is -2.29. The Balaban J connectivity index is 1.73. The summed E-state index contributed by atoms with van der Waals surface area (Å²) in [5.41, 5.74) is 1.62. The molecule has 1 atom stereocenters. The quantitative estimate of drug-likeness (QED) is 0.153. The zero-order valence-electron chi connectivity index (χ0n) is 16.3. The number of hydrogen-bond acceptors (Lipinski definition) is 5. The maximum atomic E-state index is 13.7. The van der Waals surface area contributed by atoms with Gasteiger partial charge in [-0.1, -0.05) is 53.8 Å². The number of carbonyl (C=O) groups is 2. The van der Waals surface area contributed by atoms with Gasteiger partial charge in [0.05, 0.1) is 21.8 Å². The second kappa shape index (κ2) is 8.10. The van der Waals surface area contributed by atoms with Gasteiger partial charge in [-0.15, -0.1) is 0 Å². The van der Waals surface area contributed by atoms with Crippen LogP contribution in [0.2, 0.25) is 0 Å². The molecule has 8 heteroatoms. The lowest BCUT2D eigenvalue weighted by atomic mass is 9.95. The Bertz CT molecular complexity index is 1400. The number of anilines is 1. The van der Waals surface area contributed by atoms with Crippen LogP contribution in [0, 0.1) is 9.39 Å². The van der Waals surface area contributed by atoms with Gasteiger partial charge < -0.3 is 5.11 Å². The molecule has 1 unspecified atom stereocenters. The van der Waals surface area contributed by atoms with Crippen LogP contribution in [0.15, 0.2) is 78.4 Å². The Labute approximate surface area is 200 Å². The summed E-state index contributed by atoms with van der Waals surface area (Å²) in [5.74, 6) is -2.24. The molecule has 1 aliphatic rings. The van der Waals surface area contributed by atoms with E-state index >= 15 is 0 Å². The van der Waals surface area contributed by atoms with Crippen molar-refractivity contribution in [2.75, 3.05) is 4.90 Å². The van der Waals surface area contributed by atoms with Crippen LogP contribution in [-0.2, 0) is 9.59 Å². The second-order valence-electron chi connectivity index (χ2n) is 7.20. The molecule has 5 rings (SSSR count). The predicted octanol–water partition coefficient (Wildman–Crippen LogP) is 5.67. The number of nitrogens with zero attached hydrogens (tertiary/aromatic N) is 2. The Morgan fingerprint density at radius 1 is 1.03 bits per heavy atom. The largest absolute Gasteiger partial charge is 0.507 e. The van der Waals surface area contributed by atoms with Crippen molar-refractivity contribution in [3.05, 3.63) is 98.9 Å². The summed E-state index contributed by atoms with van der Waals surface area (Å²) in [6, 6.07) is 19.3. The Morgan fingerprint density at radius 2 is 1.75 bits per heavy atom. The van der Waals surface area contributed by atoms with Gasteiger partial charge in [0.25, 0.3) is 5.78 Å². The zero-order chi connectivity index (χ0) is 22.4. The summed E-state index contributed by atoms with van der Waals surface area (Å²) in [5, 5.41) is 11.3. The van der Waals surface area contributed by atoms with Crippen molar-refractivity contribution in [3.63, 3.8) is 0 Å². The minimum Gasteiger partial charge on any atom is -0.507 e. The molecule has 3 aromatic carbocycles. The van der Waals surface area contributed by atoms with Crippen LogP contribution in [0.25, 0.3) is 16.0 Å². The van der Waals surface area contributed by atoms with Crippen LogP contribution in [0.3, 0.4) is 0 Å². The highest BCUT2D eigenvalue weighted by Gasteiger charge is 2.48. The van der Waals surface area contributed by atoms with E-state index < -0.39 is 23.5 Å². The second-order valence-corrected chi connectivity index (χ2v) is 9.45. The molecule has 1 amide bonds. The summed E-state index contributed by atoms with van der Waals surface area (Å²) >= 11 is 3.29. The van der Waals surface area contributed by atoms with E-state index in [4.69, 9.17) is 0 Å². The number of fused-ring (bicyclic) bond motifs is 1. The first-order chi connectivity index (χ1) is 15.4. The average molecular weight is 556 g/mol. The minimum atomic E-state index is -0.863. The smallest absolute Gasteiger partial charge is 0.301 e. The van der Waals surface area contributed by atoms with Crippen molar-refractivity contribution in [3.8, 4) is 0 Å². The van der Waals surface area contributed by atoms with Crippen molar-refractivity contribution in [2.45, 2.75) is 6.04 Å². The summed E-state index contributed by atoms with van der Waals surface area (Å²) < 4.78 is 15.2. The van der Waals surface area contributed by atoms with E-state index in [2.05, 4.69) is 27.6 Å². The molecule has 0 bridgehead atoms. The fraction of sp³-hybridized carbons (Fsp3) is 0.0417. The van der Waals surface area contributed by atoms with E-state index in [1.807, 2.05) is 24.3 Å². The number of amides is 1. The molecule has 0 radical (unpaired) electrons. The highest BCUT2D eigenvalue weighted by molar-refractivity contribution is 14.1. The molecule has 0 spiro atoms. The lowest BCUT2D eigenvalue weighted by Gasteiger charge is -2.23. The molecule has 158 valence electrons. The number of halogens is 2. The summed E-state index contributed by atoms with van der Waals surface area (Å²) in [6.07, 6.45) is 0. The fourth-order valence-electron chi connectivity index (χ4n) is 3.73. The van der Waals surface area contributed by atoms with Crippen LogP contribution in [0.1, 0.15) is 17.2 Å². The van der Waals surface area contributed by atoms with E-state index in [1.165, 1.54) is 23.1 Å². The molecule has 1 aliphatic heterocycles. The van der Waals surface area contributed by atoms with Crippen LogP contribution in [0.5, 0.6) is 0 Å². The lowest BCUT2D eigenvalue weighted by molar-refractivity contribution is -0.132. The summed E-state index contributed by atoms with van der Waals surface area (Å²) in [7, 11) is 0. The van der Waals surface area contributed by atoms with Crippen LogP contribution in [-0.4, -0.2) is 21.8 Å². The van der Waals surface area contributed by atoms with Crippen LogP contribution in [0.4, 0.5) is 9.52 Å². The molecule has 0 saturated carbocycles. The highest BCUT2D eigenvalue weighted by Crippen LogP contribution is 2.44. The molecule has 4 aromatic rings. The van der Waals surface area contributed by atoms with E-state index in [9.17, 15) is 19.1 Å². The van der Waals surface area contributed by atoms with Gasteiger partial charge in [0, 0.05) is 9.13 Å². The number of hydrogen-bond donors (Lipinski definition) is 1. The number of aliphatic hydroxyl groups is 1. The number of benzene rings is 3. The van der Waals surface area contributed by atoms with Gasteiger partial charge in [-0.05, 0) is 58.5 Å². The molecule has 2 heterocycles. The zero-order valence-corrected chi connectivity index (χ0v) is 19.3. The normalized spacial score (nSPS) is 17.9. The molecule has 1 N–H and O–H groups in total. The Hall–Kier alpha value is -3.11. The van der Waals surface area contributed by atoms with Crippen LogP contribution < -0.4 is 4.90 Å². The highest BCUT2D eigenvalue weighted by atomic mass is 127. The number of ketones is 1. The topological polar surface area (TPSA) is 70.5 Å². The van der Waals surface area contributed by atoms with Crippen LogP contribution >= 0.6 is 33.9 Å². The summed E-state index contributed by atoms with van der Waals surface area (Å²) in [4.78, 5) is 32.1. The molecule has 1 fully saturated rings. The first-order valence-corrected chi connectivity index (χ1v) is 11.5. The minimum absolute atomic E-state index is 0.00663. The molecular weight excluding hydrogens is 542 g/mol. The fourth-order valence-corrected chi connectivity index (χ4v) is 5.11. The third kappa shape index (κ3) is 3.49. The van der Waals surface area contributed by atoms with E-state index in [0.717, 1.165) is 14.9 Å². The number of aliphatic hydroxyl groups excluding tert-OH is 1. The number of thiazole rings is 1. The van der Waals surface area contributed by atoms with Crippen molar-refractivity contribution >= 4 is 66.7 Å². The number of Topliss-reactive ketones (excluding diaryl/α,β-unsaturated/α-hetero) is 1. The maximum Gasteiger partial charge on any atom is 0.301 e. The van der Waals surface area contributed by atoms with Gasteiger partial charge in [-0.3, -0.25) is 14.5 Å². The van der Waals surface area contributed by atoms with E-state index in [-0.39, 0.29) is 16.5 Å². The monoisotopic (exact) mass is 556 g/mol. The van der Waals surface area contributed by atoms with Gasteiger partial charge in [0.15, 0.2) is 5.13 Å². The third-order valence-corrected chi connectivity index (χ3v) is 6.96. The summed E-state index contributed by atoms with van der Waals surface area (Å²) in [6.45, 7) is 0. The standard InChI is InChI=1S/C24H14FIN2O3S/c25-15-8-11-17-18(12-15)32-24(27-17)28-20(13-6-9-16(26)10-7-13)19(22(30)23(28)31)21(29)14-4-2-1-3-5-14/h1-12,20,29H/b21-19+. The van der Waals surface area contributed by atoms with Gasteiger partial charge in [0.2, 0.25) is 0 Å². The number of carbonyl (C=O) groups excluding carboxylic acids is 2. The Kier molecular flexibility index (Phi) is 5.26. The first kappa shape index (κ1) is 20.8. The number of aromatic nitrogens is 1. The Morgan fingerprint density at radius 3 is 2.47 bits per heavy atom. The van der Waals surface area contributed by atoms with Gasteiger partial charge in [0.1, 0.15) is 11.6 Å². The molecular formula is C24H14FIN2O3S. The van der Waals surface area contributed by atoms with E-state index in [1.54, 1.807) is 30.3 Å². The number of rotatable bonds is 3. The maximum absolute atomic E-state index is 13.7. The van der Waals surface area contributed by atoms with E-state index in [0.29, 0.717) is 21.3 Å². The predicted molar refractivity (Wildman–Crippen MR) is 130 cm³/mol. The molecule has 1 aromatic heterocycles. The third-order valence-electron chi connectivity index (χ3n) is 5.22. The first-order valence-electron chi connectivity index (χ1n) is 9.62. The average Bonchev–Trinajstić information content (AvgIpc) is 3.32. The molecule has 32 heavy (non-hydrogen) atoms. The van der Waals surface area contributed by atoms with Crippen molar-refractivity contribution in [1.82, 2.24) is 4.98 Å².